The van der Waals surface area contributed by atoms with Crippen LogP contribution in [-0.2, 0) is 0 Å². The summed E-state index contributed by atoms with van der Waals surface area (Å²) in [6, 6.07) is 2.05. The third kappa shape index (κ3) is 3.42. The van der Waals surface area contributed by atoms with E-state index >= 15 is 0 Å². The lowest BCUT2D eigenvalue weighted by atomic mass is 9.82. The molecule has 4 heteroatoms. The minimum absolute atomic E-state index is 0.0408. The number of nitrogens with zero attached hydrogens (tertiary/aromatic N) is 1. The second-order valence-corrected chi connectivity index (χ2v) is 5.95. The van der Waals surface area contributed by atoms with Crippen molar-refractivity contribution in [2.24, 2.45) is 5.73 Å². The zero-order valence-corrected chi connectivity index (χ0v) is 11.9. The number of anilines is 1. The Kier molecular flexibility index (Phi) is 4.05. The van der Waals surface area contributed by atoms with Crippen LogP contribution in [0.25, 0.3) is 0 Å². The molecule has 1 heterocycles. The van der Waals surface area contributed by atoms with Crippen molar-refractivity contribution in [1.82, 2.24) is 4.98 Å². The number of rotatable bonds is 3. The van der Waals surface area contributed by atoms with Crippen LogP contribution in [-0.4, -0.2) is 17.1 Å². The third-order valence-corrected chi connectivity index (χ3v) is 4.35. The van der Waals surface area contributed by atoms with Crippen LogP contribution in [0.2, 0.25) is 0 Å². The van der Waals surface area contributed by atoms with Crippen molar-refractivity contribution in [2.75, 3.05) is 11.9 Å². The molecule has 0 atom stereocenters. The molecule has 0 aliphatic heterocycles. The molecule has 0 bridgehead atoms. The molecule has 1 fully saturated rings. The van der Waals surface area contributed by atoms with Crippen LogP contribution in [0.5, 0.6) is 0 Å². The molecule has 3 nitrogen and oxygen atoms in total. The van der Waals surface area contributed by atoms with E-state index in [9.17, 15) is 0 Å². The minimum atomic E-state index is -0.0408. The van der Waals surface area contributed by atoms with Crippen molar-refractivity contribution < 1.29 is 0 Å². The van der Waals surface area contributed by atoms with Crippen LogP contribution in [0.1, 0.15) is 37.7 Å². The first-order chi connectivity index (χ1) is 8.09. The molecule has 17 heavy (non-hydrogen) atoms. The SMILES string of the molecule is Cc1cc(NCC2(N)CCCCC2)ncc1Br. The van der Waals surface area contributed by atoms with Crippen molar-refractivity contribution in [3.63, 3.8) is 0 Å². The van der Waals surface area contributed by atoms with Crippen LogP contribution in [0.15, 0.2) is 16.7 Å². The molecular formula is C13H20BrN3. The molecule has 1 aromatic heterocycles. The lowest BCUT2D eigenvalue weighted by molar-refractivity contribution is 0.311. The minimum Gasteiger partial charge on any atom is -0.368 e. The maximum Gasteiger partial charge on any atom is 0.126 e. The lowest BCUT2D eigenvalue weighted by Crippen LogP contribution is -2.47. The first-order valence-corrected chi connectivity index (χ1v) is 7.03. The Balaban J connectivity index is 1.94. The Morgan fingerprint density at radius 2 is 2.12 bits per heavy atom. The Bertz CT molecular complexity index is 386. The summed E-state index contributed by atoms with van der Waals surface area (Å²) >= 11 is 3.45. The molecule has 0 amide bonds. The largest absolute Gasteiger partial charge is 0.368 e. The zero-order chi connectivity index (χ0) is 12.3. The summed E-state index contributed by atoms with van der Waals surface area (Å²) in [7, 11) is 0. The highest BCUT2D eigenvalue weighted by Gasteiger charge is 2.26. The Morgan fingerprint density at radius 3 is 2.76 bits per heavy atom. The monoisotopic (exact) mass is 297 g/mol. The van der Waals surface area contributed by atoms with E-state index in [2.05, 4.69) is 39.2 Å². The van der Waals surface area contributed by atoms with E-state index in [0.29, 0.717) is 0 Å². The number of pyridine rings is 1. The summed E-state index contributed by atoms with van der Waals surface area (Å²) in [5, 5.41) is 3.37. The number of hydrogen-bond acceptors (Lipinski definition) is 3. The quantitative estimate of drug-likeness (QED) is 0.901. The molecular weight excluding hydrogens is 278 g/mol. The summed E-state index contributed by atoms with van der Waals surface area (Å²) in [6.45, 7) is 2.89. The van der Waals surface area contributed by atoms with Crippen LogP contribution >= 0.6 is 15.9 Å². The third-order valence-electron chi connectivity index (χ3n) is 3.52. The number of aryl methyl sites for hydroxylation is 1. The van der Waals surface area contributed by atoms with E-state index < -0.39 is 0 Å². The van der Waals surface area contributed by atoms with Crippen molar-refractivity contribution in [3.05, 3.63) is 22.3 Å². The smallest absolute Gasteiger partial charge is 0.126 e. The van der Waals surface area contributed by atoms with E-state index in [1.807, 2.05) is 6.20 Å². The van der Waals surface area contributed by atoms with E-state index in [0.717, 1.165) is 29.7 Å². The van der Waals surface area contributed by atoms with Crippen LogP contribution in [0.4, 0.5) is 5.82 Å². The lowest BCUT2D eigenvalue weighted by Gasteiger charge is -2.33. The van der Waals surface area contributed by atoms with Crippen LogP contribution < -0.4 is 11.1 Å². The van der Waals surface area contributed by atoms with Gasteiger partial charge in [0.05, 0.1) is 0 Å². The van der Waals surface area contributed by atoms with Gasteiger partial charge in [-0.25, -0.2) is 4.98 Å². The van der Waals surface area contributed by atoms with Crippen molar-refractivity contribution in [3.8, 4) is 0 Å². The van der Waals surface area contributed by atoms with E-state index in [-0.39, 0.29) is 5.54 Å². The maximum atomic E-state index is 6.38. The number of nitrogens with two attached hydrogens (primary N) is 1. The summed E-state index contributed by atoms with van der Waals surface area (Å²) in [4.78, 5) is 4.34. The molecule has 1 aliphatic rings. The maximum absolute atomic E-state index is 6.38. The average Bonchev–Trinajstić information content (AvgIpc) is 2.32. The van der Waals surface area contributed by atoms with Crippen molar-refractivity contribution in [2.45, 2.75) is 44.6 Å². The highest BCUT2D eigenvalue weighted by Crippen LogP contribution is 2.26. The van der Waals surface area contributed by atoms with Crippen LogP contribution in [0.3, 0.4) is 0 Å². The van der Waals surface area contributed by atoms with E-state index in [1.54, 1.807) is 0 Å². The van der Waals surface area contributed by atoms with Gasteiger partial charge < -0.3 is 11.1 Å². The Morgan fingerprint density at radius 1 is 1.41 bits per heavy atom. The summed E-state index contributed by atoms with van der Waals surface area (Å²) < 4.78 is 1.04. The van der Waals surface area contributed by atoms with Gasteiger partial charge >= 0.3 is 0 Å². The van der Waals surface area contributed by atoms with Crippen LogP contribution in [0, 0.1) is 6.92 Å². The second kappa shape index (κ2) is 5.36. The van der Waals surface area contributed by atoms with Crippen molar-refractivity contribution >= 4 is 21.7 Å². The molecule has 0 saturated heterocycles. The van der Waals surface area contributed by atoms with Gasteiger partial charge in [-0.1, -0.05) is 19.3 Å². The average molecular weight is 298 g/mol. The first kappa shape index (κ1) is 12.8. The molecule has 94 valence electrons. The number of halogens is 1. The summed E-state index contributed by atoms with van der Waals surface area (Å²) in [5.74, 6) is 0.918. The number of hydrogen-bond donors (Lipinski definition) is 2. The molecule has 1 aromatic rings. The molecule has 3 N–H and O–H groups in total. The first-order valence-electron chi connectivity index (χ1n) is 6.24. The Labute approximate surface area is 111 Å². The summed E-state index contributed by atoms with van der Waals surface area (Å²) in [6.07, 6.45) is 7.91. The van der Waals surface area contributed by atoms with Gasteiger partial charge in [-0.3, -0.25) is 0 Å². The fourth-order valence-corrected chi connectivity index (χ4v) is 2.55. The fraction of sp³-hybridized carbons (Fsp3) is 0.615. The van der Waals surface area contributed by atoms with E-state index in [1.165, 1.54) is 24.8 Å². The van der Waals surface area contributed by atoms with Gasteiger partial charge in [0.25, 0.3) is 0 Å². The summed E-state index contributed by atoms with van der Waals surface area (Å²) in [5.41, 5.74) is 7.53. The fourth-order valence-electron chi connectivity index (χ4n) is 2.34. The number of aromatic nitrogens is 1. The van der Waals surface area contributed by atoms with Crippen molar-refractivity contribution in [1.29, 1.82) is 0 Å². The molecule has 0 unspecified atom stereocenters. The molecule has 0 radical (unpaired) electrons. The number of nitrogens with one attached hydrogen (secondary N) is 1. The standard InChI is InChI=1S/C13H20BrN3/c1-10-7-12(16-8-11(10)14)17-9-13(15)5-3-2-4-6-13/h7-8H,2-6,9,15H2,1H3,(H,16,17). The van der Waals surface area contributed by atoms with E-state index in [4.69, 9.17) is 5.73 Å². The molecule has 0 aromatic carbocycles. The molecule has 1 saturated carbocycles. The van der Waals surface area contributed by atoms with Gasteiger partial charge in [-0.05, 0) is 47.3 Å². The van der Waals surface area contributed by atoms with Gasteiger partial charge in [0.2, 0.25) is 0 Å². The van der Waals surface area contributed by atoms with Gasteiger partial charge in [-0.15, -0.1) is 0 Å². The van der Waals surface area contributed by atoms with Gasteiger partial charge in [0.15, 0.2) is 0 Å². The predicted octanol–water partition coefficient (Wildman–Crippen LogP) is 3.23. The van der Waals surface area contributed by atoms with Gasteiger partial charge in [0, 0.05) is 22.8 Å². The molecule has 2 rings (SSSR count). The van der Waals surface area contributed by atoms with Gasteiger partial charge in [0.1, 0.15) is 5.82 Å². The highest BCUT2D eigenvalue weighted by atomic mass is 79.9. The Hall–Kier alpha value is -0.610. The highest BCUT2D eigenvalue weighted by molar-refractivity contribution is 9.10. The predicted molar refractivity (Wildman–Crippen MR) is 75.2 cm³/mol. The zero-order valence-electron chi connectivity index (χ0n) is 10.3. The van der Waals surface area contributed by atoms with Gasteiger partial charge in [-0.2, -0.15) is 0 Å². The second-order valence-electron chi connectivity index (χ2n) is 5.10. The normalized spacial score (nSPS) is 19.0. The topological polar surface area (TPSA) is 50.9 Å². The molecule has 1 aliphatic carbocycles. The molecule has 0 spiro atoms.